The summed E-state index contributed by atoms with van der Waals surface area (Å²) in [5, 5.41) is 16.4. The largest absolute Gasteiger partial charge is 0.507 e. The van der Waals surface area contributed by atoms with Gasteiger partial charge in [0.05, 0.1) is 11.9 Å². The lowest BCUT2D eigenvalue weighted by atomic mass is 10.2. The molecule has 3 rings (SSSR count). The number of phenolic OH excluding ortho intramolecular Hbond substituents is 1. The smallest absolute Gasteiger partial charge is 0.203 e. The molecular formula is C16H13N3OS. The normalized spacial score (nSPS) is 10.9. The van der Waals surface area contributed by atoms with E-state index in [1.807, 2.05) is 41.8 Å². The number of para-hydroxylation sites is 1. The molecule has 0 aliphatic heterocycles. The van der Waals surface area contributed by atoms with Gasteiger partial charge in [0.1, 0.15) is 5.75 Å². The first kappa shape index (κ1) is 13.3. The quantitative estimate of drug-likeness (QED) is 0.566. The van der Waals surface area contributed by atoms with Crippen LogP contribution in [0, 0.1) is 0 Å². The van der Waals surface area contributed by atoms with Crippen molar-refractivity contribution in [1.82, 2.24) is 4.98 Å². The standard InChI is InChI=1S/C16H13N3OS/c20-15-9-5-4-8-13(15)10-17-19-16-18-14(11-21-16)12-6-2-1-3-7-12/h1-11,20H,(H,18,19)/b17-10-. The summed E-state index contributed by atoms with van der Waals surface area (Å²) in [4.78, 5) is 4.47. The molecule has 0 aliphatic rings. The average molecular weight is 295 g/mol. The SMILES string of the molecule is Oc1ccccc1/C=N\Nc1nc(-c2ccccc2)cs1. The minimum absolute atomic E-state index is 0.201. The number of nitrogens with one attached hydrogen (secondary N) is 1. The first-order chi connectivity index (χ1) is 10.3. The number of aromatic hydroxyl groups is 1. The minimum atomic E-state index is 0.201. The Morgan fingerprint density at radius 2 is 1.81 bits per heavy atom. The predicted molar refractivity (Wildman–Crippen MR) is 86.9 cm³/mol. The fourth-order valence-electron chi connectivity index (χ4n) is 1.82. The van der Waals surface area contributed by atoms with E-state index in [1.165, 1.54) is 11.3 Å². The number of rotatable bonds is 4. The second-order valence-electron chi connectivity index (χ2n) is 4.33. The molecule has 0 bridgehead atoms. The molecule has 0 saturated carbocycles. The molecular weight excluding hydrogens is 282 g/mol. The van der Waals surface area contributed by atoms with Crippen LogP contribution >= 0.6 is 11.3 Å². The second kappa shape index (κ2) is 6.19. The molecule has 104 valence electrons. The molecule has 3 aromatic rings. The summed E-state index contributed by atoms with van der Waals surface area (Å²) < 4.78 is 0. The minimum Gasteiger partial charge on any atom is -0.507 e. The highest BCUT2D eigenvalue weighted by Crippen LogP contribution is 2.24. The summed E-state index contributed by atoms with van der Waals surface area (Å²) in [7, 11) is 0. The number of nitrogens with zero attached hydrogens (tertiary/aromatic N) is 2. The van der Waals surface area contributed by atoms with Crippen molar-refractivity contribution in [1.29, 1.82) is 0 Å². The molecule has 1 aromatic heterocycles. The zero-order valence-electron chi connectivity index (χ0n) is 11.1. The van der Waals surface area contributed by atoms with E-state index in [9.17, 15) is 5.11 Å². The highest BCUT2D eigenvalue weighted by Gasteiger charge is 2.02. The molecule has 0 fully saturated rings. The zero-order chi connectivity index (χ0) is 14.5. The van der Waals surface area contributed by atoms with Crippen LogP contribution in [0.4, 0.5) is 5.13 Å². The highest BCUT2D eigenvalue weighted by atomic mass is 32.1. The third kappa shape index (κ3) is 3.27. The van der Waals surface area contributed by atoms with Gasteiger partial charge in [-0.2, -0.15) is 5.10 Å². The second-order valence-corrected chi connectivity index (χ2v) is 5.19. The predicted octanol–water partition coefficient (Wildman–Crippen LogP) is 3.96. The maximum absolute atomic E-state index is 9.63. The third-order valence-electron chi connectivity index (χ3n) is 2.87. The Balaban J connectivity index is 1.70. The van der Waals surface area contributed by atoms with E-state index in [2.05, 4.69) is 15.5 Å². The van der Waals surface area contributed by atoms with Gasteiger partial charge in [0, 0.05) is 16.5 Å². The van der Waals surface area contributed by atoms with Gasteiger partial charge in [-0.15, -0.1) is 11.3 Å². The summed E-state index contributed by atoms with van der Waals surface area (Å²) in [6, 6.07) is 17.0. The van der Waals surface area contributed by atoms with E-state index in [0.29, 0.717) is 10.7 Å². The van der Waals surface area contributed by atoms with E-state index in [0.717, 1.165) is 11.3 Å². The Hall–Kier alpha value is -2.66. The first-order valence-electron chi connectivity index (χ1n) is 6.41. The lowest BCUT2D eigenvalue weighted by Gasteiger charge is -1.97. The number of benzene rings is 2. The summed E-state index contributed by atoms with van der Waals surface area (Å²) in [5.74, 6) is 0.201. The number of anilines is 1. The van der Waals surface area contributed by atoms with Crippen molar-refractivity contribution in [2.75, 3.05) is 5.43 Å². The first-order valence-corrected chi connectivity index (χ1v) is 7.29. The Morgan fingerprint density at radius 1 is 1.05 bits per heavy atom. The highest BCUT2D eigenvalue weighted by molar-refractivity contribution is 7.14. The van der Waals surface area contributed by atoms with Crippen LogP contribution in [0.3, 0.4) is 0 Å². The van der Waals surface area contributed by atoms with Crippen LogP contribution in [0.15, 0.2) is 65.1 Å². The van der Waals surface area contributed by atoms with Crippen molar-refractivity contribution < 1.29 is 5.11 Å². The van der Waals surface area contributed by atoms with Crippen molar-refractivity contribution in [3.63, 3.8) is 0 Å². The fourth-order valence-corrected chi connectivity index (χ4v) is 2.49. The topological polar surface area (TPSA) is 57.5 Å². The van der Waals surface area contributed by atoms with Gasteiger partial charge in [0.2, 0.25) is 5.13 Å². The molecule has 1 heterocycles. The van der Waals surface area contributed by atoms with E-state index < -0.39 is 0 Å². The molecule has 0 radical (unpaired) electrons. The number of aromatic nitrogens is 1. The van der Waals surface area contributed by atoms with Crippen LogP contribution in [0.5, 0.6) is 5.75 Å². The Kier molecular flexibility index (Phi) is 3.93. The van der Waals surface area contributed by atoms with Gasteiger partial charge in [-0.05, 0) is 12.1 Å². The molecule has 5 heteroatoms. The molecule has 0 spiro atoms. The van der Waals surface area contributed by atoms with Gasteiger partial charge in [-0.25, -0.2) is 4.98 Å². The fraction of sp³-hybridized carbons (Fsp3) is 0. The lowest BCUT2D eigenvalue weighted by molar-refractivity contribution is 0.474. The molecule has 2 N–H and O–H groups in total. The monoisotopic (exact) mass is 295 g/mol. The molecule has 0 unspecified atom stereocenters. The van der Waals surface area contributed by atoms with E-state index >= 15 is 0 Å². The van der Waals surface area contributed by atoms with E-state index in [4.69, 9.17) is 0 Å². The maximum atomic E-state index is 9.63. The molecule has 0 atom stereocenters. The average Bonchev–Trinajstić information content (AvgIpc) is 2.99. The van der Waals surface area contributed by atoms with Gasteiger partial charge in [0.25, 0.3) is 0 Å². The Bertz CT molecular complexity index is 753. The lowest BCUT2D eigenvalue weighted by Crippen LogP contribution is -1.90. The Morgan fingerprint density at radius 3 is 2.62 bits per heavy atom. The third-order valence-corrected chi connectivity index (χ3v) is 3.62. The number of hydrazone groups is 1. The van der Waals surface area contributed by atoms with Crippen molar-refractivity contribution in [2.45, 2.75) is 0 Å². The van der Waals surface area contributed by atoms with Gasteiger partial charge in [0.15, 0.2) is 0 Å². The zero-order valence-corrected chi connectivity index (χ0v) is 11.9. The van der Waals surface area contributed by atoms with E-state index in [1.54, 1.807) is 24.4 Å². The van der Waals surface area contributed by atoms with E-state index in [-0.39, 0.29) is 5.75 Å². The molecule has 4 nitrogen and oxygen atoms in total. The van der Waals surface area contributed by atoms with Gasteiger partial charge < -0.3 is 5.11 Å². The summed E-state index contributed by atoms with van der Waals surface area (Å²) in [6.07, 6.45) is 1.57. The molecule has 0 amide bonds. The number of phenols is 1. The maximum Gasteiger partial charge on any atom is 0.203 e. The van der Waals surface area contributed by atoms with Gasteiger partial charge in [-0.1, -0.05) is 42.5 Å². The Labute approximate surface area is 126 Å². The molecule has 0 aliphatic carbocycles. The van der Waals surface area contributed by atoms with Crippen LogP contribution in [-0.2, 0) is 0 Å². The van der Waals surface area contributed by atoms with Crippen LogP contribution in [-0.4, -0.2) is 16.3 Å². The van der Waals surface area contributed by atoms with Crippen molar-refractivity contribution >= 4 is 22.7 Å². The van der Waals surface area contributed by atoms with Crippen LogP contribution in [0.2, 0.25) is 0 Å². The van der Waals surface area contributed by atoms with Crippen LogP contribution in [0.25, 0.3) is 11.3 Å². The van der Waals surface area contributed by atoms with Gasteiger partial charge in [-0.3, -0.25) is 5.43 Å². The summed E-state index contributed by atoms with van der Waals surface area (Å²) in [6.45, 7) is 0. The summed E-state index contributed by atoms with van der Waals surface area (Å²) >= 11 is 1.49. The molecule has 0 saturated heterocycles. The van der Waals surface area contributed by atoms with Crippen LogP contribution < -0.4 is 5.43 Å². The van der Waals surface area contributed by atoms with Crippen molar-refractivity contribution in [2.24, 2.45) is 5.10 Å². The number of hydrogen-bond acceptors (Lipinski definition) is 5. The van der Waals surface area contributed by atoms with Crippen LogP contribution in [0.1, 0.15) is 5.56 Å². The molecule has 2 aromatic carbocycles. The summed E-state index contributed by atoms with van der Waals surface area (Å²) in [5.41, 5.74) is 5.53. The van der Waals surface area contributed by atoms with Crippen molar-refractivity contribution in [3.05, 3.63) is 65.5 Å². The van der Waals surface area contributed by atoms with Gasteiger partial charge >= 0.3 is 0 Å². The number of hydrogen-bond donors (Lipinski definition) is 2. The van der Waals surface area contributed by atoms with Crippen molar-refractivity contribution in [3.8, 4) is 17.0 Å². The number of thiazole rings is 1. The molecule has 21 heavy (non-hydrogen) atoms.